The zero-order valence-electron chi connectivity index (χ0n) is 10.7. The molecule has 0 heterocycles. The molecule has 0 unspecified atom stereocenters. The summed E-state index contributed by atoms with van der Waals surface area (Å²) in [6, 6.07) is 7.58. The highest BCUT2D eigenvalue weighted by atomic mass is 79.9. The first-order chi connectivity index (χ1) is 9.88. The van der Waals surface area contributed by atoms with Crippen molar-refractivity contribution in [3.8, 4) is 5.75 Å². The first-order valence-electron chi connectivity index (χ1n) is 5.88. The molecule has 0 fully saturated rings. The minimum Gasteiger partial charge on any atom is -0.506 e. The Morgan fingerprint density at radius 1 is 1.24 bits per heavy atom. The van der Waals surface area contributed by atoms with Gasteiger partial charge in [0.15, 0.2) is 0 Å². The number of aromatic hydroxyl groups is 1. The van der Waals surface area contributed by atoms with Crippen molar-refractivity contribution in [2.45, 2.75) is 6.54 Å². The maximum atomic E-state index is 13.4. The van der Waals surface area contributed by atoms with Crippen LogP contribution in [0.4, 0.5) is 10.1 Å². The first kappa shape index (κ1) is 15.8. The van der Waals surface area contributed by atoms with Gasteiger partial charge in [0.05, 0.1) is 14.5 Å². The van der Waals surface area contributed by atoms with Crippen LogP contribution in [0.2, 0.25) is 0 Å². The van der Waals surface area contributed by atoms with E-state index in [1.165, 1.54) is 18.2 Å². The second-order valence-corrected chi connectivity index (χ2v) is 6.03. The van der Waals surface area contributed by atoms with E-state index in [1.807, 2.05) is 0 Å². The summed E-state index contributed by atoms with van der Waals surface area (Å²) in [5.74, 6) is -1.34. The Bertz CT molecular complexity index is 684. The van der Waals surface area contributed by atoms with Gasteiger partial charge in [-0.25, -0.2) is 4.39 Å². The van der Waals surface area contributed by atoms with Gasteiger partial charge < -0.3 is 16.2 Å². The molecule has 0 aliphatic heterocycles. The van der Waals surface area contributed by atoms with Gasteiger partial charge in [0.25, 0.3) is 5.91 Å². The van der Waals surface area contributed by atoms with Gasteiger partial charge in [0.2, 0.25) is 0 Å². The minimum absolute atomic E-state index is 0.122. The second-order valence-electron chi connectivity index (χ2n) is 4.32. The third-order valence-corrected chi connectivity index (χ3v) is 4.01. The highest BCUT2D eigenvalue weighted by Crippen LogP contribution is 2.33. The molecule has 0 atom stereocenters. The molecule has 0 saturated carbocycles. The SMILES string of the molecule is NC(=O)c1cc(NCc2cc(Br)c(O)c(Br)c2)ccc1F. The number of carbonyl (C=O) groups excluding carboxylic acids is 1. The third kappa shape index (κ3) is 3.74. The van der Waals surface area contributed by atoms with Crippen molar-refractivity contribution in [3.05, 3.63) is 56.2 Å². The van der Waals surface area contributed by atoms with Gasteiger partial charge in [-0.2, -0.15) is 0 Å². The largest absolute Gasteiger partial charge is 0.506 e. The number of anilines is 1. The molecule has 0 saturated heterocycles. The summed E-state index contributed by atoms with van der Waals surface area (Å²) in [5, 5.41) is 12.7. The quantitative estimate of drug-likeness (QED) is 0.708. The van der Waals surface area contributed by atoms with Crippen LogP contribution in [0.1, 0.15) is 15.9 Å². The molecule has 1 amide bonds. The van der Waals surface area contributed by atoms with Crippen molar-refractivity contribution in [2.75, 3.05) is 5.32 Å². The maximum absolute atomic E-state index is 13.4. The highest BCUT2D eigenvalue weighted by Gasteiger charge is 2.09. The number of phenolic OH excluding ortho intramolecular Hbond substituents is 1. The summed E-state index contributed by atoms with van der Waals surface area (Å²) in [7, 11) is 0. The summed E-state index contributed by atoms with van der Waals surface area (Å²) in [4.78, 5) is 11.1. The van der Waals surface area contributed by atoms with Crippen molar-refractivity contribution in [1.29, 1.82) is 0 Å². The summed E-state index contributed by atoms with van der Waals surface area (Å²) in [5.41, 5.74) is 6.40. The average molecular weight is 418 g/mol. The van der Waals surface area contributed by atoms with E-state index in [0.717, 1.165) is 5.56 Å². The van der Waals surface area contributed by atoms with E-state index in [4.69, 9.17) is 5.73 Å². The van der Waals surface area contributed by atoms with Gasteiger partial charge >= 0.3 is 0 Å². The molecule has 4 nitrogen and oxygen atoms in total. The van der Waals surface area contributed by atoms with E-state index in [1.54, 1.807) is 12.1 Å². The zero-order valence-corrected chi connectivity index (χ0v) is 13.8. The number of phenols is 1. The molecule has 0 aromatic heterocycles. The number of carbonyl (C=O) groups is 1. The van der Waals surface area contributed by atoms with E-state index in [0.29, 0.717) is 21.2 Å². The molecule has 110 valence electrons. The van der Waals surface area contributed by atoms with Crippen LogP contribution in [0.25, 0.3) is 0 Å². The fraction of sp³-hybridized carbons (Fsp3) is 0.0714. The van der Waals surface area contributed by atoms with E-state index in [2.05, 4.69) is 37.2 Å². The molecule has 0 bridgehead atoms. The van der Waals surface area contributed by atoms with Crippen LogP contribution in [-0.4, -0.2) is 11.0 Å². The Labute approximate surface area is 137 Å². The third-order valence-electron chi connectivity index (χ3n) is 2.81. The van der Waals surface area contributed by atoms with E-state index in [-0.39, 0.29) is 11.3 Å². The number of nitrogens with two attached hydrogens (primary N) is 1. The Kier molecular flexibility index (Phi) is 4.84. The number of primary amides is 1. The lowest BCUT2D eigenvalue weighted by molar-refractivity contribution is 0.0996. The molecule has 0 aliphatic carbocycles. The molecule has 0 aliphatic rings. The Balaban J connectivity index is 2.17. The van der Waals surface area contributed by atoms with Gasteiger partial charge in [-0.1, -0.05) is 0 Å². The molecular weight excluding hydrogens is 407 g/mol. The van der Waals surface area contributed by atoms with E-state index < -0.39 is 11.7 Å². The van der Waals surface area contributed by atoms with Crippen LogP contribution < -0.4 is 11.1 Å². The molecule has 7 heteroatoms. The topological polar surface area (TPSA) is 75.4 Å². The molecule has 2 aromatic carbocycles. The minimum atomic E-state index is -0.814. The smallest absolute Gasteiger partial charge is 0.251 e. The van der Waals surface area contributed by atoms with Gasteiger partial charge in [0.1, 0.15) is 11.6 Å². The number of halogens is 3. The number of amides is 1. The fourth-order valence-corrected chi connectivity index (χ4v) is 3.03. The van der Waals surface area contributed by atoms with Gasteiger partial charge in [0, 0.05) is 12.2 Å². The Hall–Kier alpha value is -1.60. The van der Waals surface area contributed by atoms with Crippen LogP contribution in [0, 0.1) is 5.82 Å². The molecule has 2 rings (SSSR count). The Morgan fingerprint density at radius 3 is 2.43 bits per heavy atom. The molecule has 0 spiro atoms. The zero-order chi connectivity index (χ0) is 15.6. The van der Waals surface area contributed by atoms with Gasteiger partial charge in [-0.3, -0.25) is 4.79 Å². The van der Waals surface area contributed by atoms with Crippen molar-refractivity contribution in [1.82, 2.24) is 0 Å². The van der Waals surface area contributed by atoms with Crippen molar-refractivity contribution in [3.63, 3.8) is 0 Å². The van der Waals surface area contributed by atoms with E-state index >= 15 is 0 Å². The lowest BCUT2D eigenvalue weighted by atomic mass is 10.1. The lowest BCUT2D eigenvalue weighted by Gasteiger charge is -2.10. The highest BCUT2D eigenvalue weighted by molar-refractivity contribution is 9.11. The van der Waals surface area contributed by atoms with Crippen LogP contribution in [-0.2, 0) is 6.54 Å². The van der Waals surface area contributed by atoms with Crippen LogP contribution in [0.5, 0.6) is 5.75 Å². The molecule has 21 heavy (non-hydrogen) atoms. The molecule has 4 N–H and O–H groups in total. The van der Waals surface area contributed by atoms with Crippen LogP contribution in [0.15, 0.2) is 39.3 Å². The number of rotatable bonds is 4. The molecule has 0 radical (unpaired) electrons. The molecule has 2 aromatic rings. The summed E-state index contributed by atoms with van der Waals surface area (Å²) < 4.78 is 14.5. The number of nitrogens with one attached hydrogen (secondary N) is 1. The van der Waals surface area contributed by atoms with Crippen molar-refractivity contribution < 1.29 is 14.3 Å². The first-order valence-corrected chi connectivity index (χ1v) is 7.47. The lowest BCUT2D eigenvalue weighted by Crippen LogP contribution is -2.13. The Morgan fingerprint density at radius 2 is 1.86 bits per heavy atom. The standard InChI is InChI=1S/C14H11Br2FN2O2/c15-10-3-7(4-11(16)13(10)20)6-19-8-1-2-12(17)9(5-8)14(18)21/h1-5,19-20H,6H2,(H2,18,21). The van der Waals surface area contributed by atoms with Gasteiger partial charge in [-0.05, 0) is 67.8 Å². The average Bonchev–Trinajstić information content (AvgIpc) is 2.43. The van der Waals surface area contributed by atoms with E-state index in [9.17, 15) is 14.3 Å². The predicted octanol–water partition coefficient (Wildman–Crippen LogP) is 3.77. The normalized spacial score (nSPS) is 10.4. The number of hydrogen-bond acceptors (Lipinski definition) is 3. The van der Waals surface area contributed by atoms with Crippen molar-refractivity contribution >= 4 is 43.5 Å². The predicted molar refractivity (Wildman–Crippen MR) is 85.8 cm³/mol. The van der Waals surface area contributed by atoms with Crippen molar-refractivity contribution in [2.24, 2.45) is 5.73 Å². The molecular formula is C14H11Br2FN2O2. The second kappa shape index (κ2) is 6.44. The summed E-state index contributed by atoms with van der Waals surface area (Å²) in [6.45, 7) is 0.432. The summed E-state index contributed by atoms with van der Waals surface area (Å²) >= 11 is 6.49. The maximum Gasteiger partial charge on any atom is 0.251 e. The van der Waals surface area contributed by atoms with Gasteiger partial charge in [-0.15, -0.1) is 0 Å². The number of hydrogen-bond donors (Lipinski definition) is 3. The monoisotopic (exact) mass is 416 g/mol. The van der Waals surface area contributed by atoms with Crippen LogP contribution in [0.3, 0.4) is 0 Å². The van der Waals surface area contributed by atoms with Crippen LogP contribution >= 0.6 is 31.9 Å². The number of benzene rings is 2. The summed E-state index contributed by atoms with van der Waals surface area (Å²) in [6.07, 6.45) is 0. The fourth-order valence-electron chi connectivity index (χ4n) is 1.75.